The van der Waals surface area contributed by atoms with Crippen molar-refractivity contribution in [3.05, 3.63) is 10.6 Å². The molecule has 0 unspecified atom stereocenters. The maximum Gasteiger partial charge on any atom is 0.185 e. The molecule has 0 saturated heterocycles. The largest absolute Gasteiger partial charge is 0.391 e. The highest BCUT2D eigenvalue weighted by atomic mass is 32.1. The van der Waals surface area contributed by atoms with Gasteiger partial charge in [-0.3, -0.25) is 0 Å². The first kappa shape index (κ1) is 12.8. The van der Waals surface area contributed by atoms with Gasteiger partial charge in [-0.25, -0.2) is 4.98 Å². The predicted molar refractivity (Wildman–Crippen MR) is 72.8 cm³/mol. The van der Waals surface area contributed by atoms with Crippen LogP contribution in [0.4, 0.5) is 5.13 Å². The number of aliphatic hydroxyl groups excluding tert-OH is 1. The molecule has 1 saturated carbocycles. The highest BCUT2D eigenvalue weighted by molar-refractivity contribution is 7.15. The van der Waals surface area contributed by atoms with Crippen LogP contribution in [0.25, 0.3) is 0 Å². The third-order valence-corrected chi connectivity index (χ3v) is 4.59. The van der Waals surface area contributed by atoms with Gasteiger partial charge in [0.15, 0.2) is 5.13 Å². The lowest BCUT2D eigenvalue weighted by atomic mass is 9.91. The molecule has 96 valence electrons. The Balaban J connectivity index is 2.27. The zero-order valence-corrected chi connectivity index (χ0v) is 12.0. The monoisotopic (exact) mass is 254 g/mol. The van der Waals surface area contributed by atoms with E-state index in [0.717, 1.165) is 15.7 Å². The third-order valence-electron chi connectivity index (χ3n) is 3.46. The molecule has 0 aliphatic heterocycles. The van der Waals surface area contributed by atoms with E-state index in [0.29, 0.717) is 6.04 Å². The standard InChI is InChI=1S/C13H22N2OS/c1-13(2,3)11-10(8-16)17-12(14-11)15(4)9-6-5-7-9/h9,16H,5-8H2,1-4H3. The van der Waals surface area contributed by atoms with E-state index in [1.54, 1.807) is 11.3 Å². The molecule has 0 radical (unpaired) electrons. The van der Waals surface area contributed by atoms with Gasteiger partial charge in [0.05, 0.1) is 17.2 Å². The highest BCUT2D eigenvalue weighted by Gasteiger charge is 2.28. The fraction of sp³-hybridized carbons (Fsp3) is 0.769. The van der Waals surface area contributed by atoms with Crippen LogP contribution in [0.3, 0.4) is 0 Å². The lowest BCUT2D eigenvalue weighted by Crippen LogP contribution is -2.37. The van der Waals surface area contributed by atoms with Crippen LogP contribution < -0.4 is 4.90 Å². The Bertz CT molecular complexity index is 391. The Morgan fingerprint density at radius 1 is 1.41 bits per heavy atom. The summed E-state index contributed by atoms with van der Waals surface area (Å²) in [7, 11) is 2.12. The molecule has 1 aromatic rings. The minimum absolute atomic E-state index is 0.00721. The van der Waals surface area contributed by atoms with Crippen molar-refractivity contribution < 1.29 is 5.11 Å². The van der Waals surface area contributed by atoms with Crippen molar-refractivity contribution in [3.8, 4) is 0 Å². The number of hydrogen-bond acceptors (Lipinski definition) is 4. The molecular weight excluding hydrogens is 232 g/mol. The average Bonchev–Trinajstić information content (AvgIpc) is 2.57. The second kappa shape index (κ2) is 4.58. The number of anilines is 1. The summed E-state index contributed by atoms with van der Waals surface area (Å²) in [5.41, 5.74) is 1.05. The maximum atomic E-state index is 9.44. The van der Waals surface area contributed by atoms with Gasteiger partial charge in [0, 0.05) is 18.5 Å². The molecule has 0 atom stereocenters. The number of thiazole rings is 1. The minimum Gasteiger partial charge on any atom is -0.391 e. The lowest BCUT2D eigenvalue weighted by molar-refractivity contribution is 0.282. The predicted octanol–water partition coefficient (Wildman–Crippen LogP) is 2.92. The third kappa shape index (κ3) is 2.47. The lowest BCUT2D eigenvalue weighted by Gasteiger charge is -2.34. The number of rotatable bonds is 3. The second-order valence-corrected chi connectivity index (χ2v) is 6.93. The van der Waals surface area contributed by atoms with Crippen LogP contribution in [0.2, 0.25) is 0 Å². The van der Waals surface area contributed by atoms with Crippen LogP contribution in [-0.4, -0.2) is 23.2 Å². The first-order chi connectivity index (χ1) is 7.93. The number of nitrogens with zero attached hydrogens (tertiary/aromatic N) is 2. The van der Waals surface area contributed by atoms with Crippen LogP contribution in [0, 0.1) is 0 Å². The normalized spacial score (nSPS) is 17.0. The Kier molecular flexibility index (Phi) is 3.46. The first-order valence-corrected chi connectivity index (χ1v) is 7.09. The Morgan fingerprint density at radius 2 is 2.06 bits per heavy atom. The van der Waals surface area contributed by atoms with Crippen molar-refractivity contribution in [1.29, 1.82) is 0 Å². The van der Waals surface area contributed by atoms with Gasteiger partial charge >= 0.3 is 0 Å². The van der Waals surface area contributed by atoms with Crippen molar-refractivity contribution in [1.82, 2.24) is 4.98 Å². The van der Waals surface area contributed by atoms with Gasteiger partial charge in [-0.2, -0.15) is 0 Å². The molecule has 0 aromatic carbocycles. The summed E-state index contributed by atoms with van der Waals surface area (Å²) in [6.45, 7) is 6.54. The molecule has 3 nitrogen and oxygen atoms in total. The van der Waals surface area contributed by atoms with Crippen LogP contribution in [0.15, 0.2) is 0 Å². The fourth-order valence-electron chi connectivity index (χ4n) is 2.11. The molecule has 0 amide bonds. The summed E-state index contributed by atoms with van der Waals surface area (Å²) < 4.78 is 0. The van der Waals surface area contributed by atoms with Crippen molar-refractivity contribution in [2.75, 3.05) is 11.9 Å². The molecule has 4 heteroatoms. The summed E-state index contributed by atoms with van der Waals surface area (Å²) in [6, 6.07) is 0.653. The van der Waals surface area contributed by atoms with Crippen molar-refractivity contribution in [3.63, 3.8) is 0 Å². The molecule has 2 rings (SSSR count). The van der Waals surface area contributed by atoms with Crippen LogP contribution >= 0.6 is 11.3 Å². The first-order valence-electron chi connectivity index (χ1n) is 6.27. The zero-order chi connectivity index (χ0) is 12.6. The molecule has 1 fully saturated rings. The summed E-state index contributed by atoms with van der Waals surface area (Å²) >= 11 is 1.64. The van der Waals surface area contributed by atoms with E-state index in [2.05, 4.69) is 32.7 Å². The quantitative estimate of drug-likeness (QED) is 0.901. The van der Waals surface area contributed by atoms with E-state index in [1.165, 1.54) is 19.3 Å². The van der Waals surface area contributed by atoms with Gasteiger partial charge in [0.25, 0.3) is 0 Å². The van der Waals surface area contributed by atoms with Gasteiger partial charge < -0.3 is 10.0 Å². The van der Waals surface area contributed by atoms with Crippen LogP contribution in [0.1, 0.15) is 50.6 Å². The summed E-state index contributed by atoms with van der Waals surface area (Å²) in [6.07, 6.45) is 3.88. The summed E-state index contributed by atoms with van der Waals surface area (Å²) in [4.78, 5) is 8.03. The fourth-order valence-corrected chi connectivity index (χ4v) is 3.28. The van der Waals surface area contributed by atoms with Gasteiger partial charge in [-0.15, -0.1) is 0 Å². The van der Waals surface area contributed by atoms with E-state index < -0.39 is 0 Å². The topological polar surface area (TPSA) is 36.4 Å². The Morgan fingerprint density at radius 3 is 2.41 bits per heavy atom. The Hall–Kier alpha value is -0.610. The summed E-state index contributed by atoms with van der Waals surface area (Å²) in [5, 5.41) is 10.5. The summed E-state index contributed by atoms with van der Waals surface area (Å²) in [5.74, 6) is 0. The SMILES string of the molecule is CN(c1nc(C(C)(C)C)c(CO)s1)C1CCC1. The van der Waals surface area contributed by atoms with Crippen molar-refractivity contribution in [2.24, 2.45) is 0 Å². The number of aliphatic hydroxyl groups is 1. The molecule has 1 aliphatic carbocycles. The van der Waals surface area contributed by atoms with Crippen molar-refractivity contribution >= 4 is 16.5 Å². The molecule has 0 bridgehead atoms. The zero-order valence-electron chi connectivity index (χ0n) is 11.2. The smallest absolute Gasteiger partial charge is 0.185 e. The van der Waals surface area contributed by atoms with E-state index in [9.17, 15) is 5.11 Å². The number of aromatic nitrogens is 1. The van der Waals surface area contributed by atoms with Gasteiger partial charge in [0.1, 0.15) is 0 Å². The Labute approximate surface area is 107 Å². The molecule has 1 heterocycles. The van der Waals surface area contributed by atoms with Crippen LogP contribution in [-0.2, 0) is 12.0 Å². The van der Waals surface area contributed by atoms with Crippen molar-refractivity contribution in [2.45, 2.75) is 58.1 Å². The molecular formula is C13H22N2OS. The van der Waals surface area contributed by atoms with E-state index in [4.69, 9.17) is 4.98 Å². The molecule has 1 aromatic heterocycles. The maximum absolute atomic E-state index is 9.44. The number of hydrogen-bond donors (Lipinski definition) is 1. The molecule has 1 N–H and O–H groups in total. The molecule has 17 heavy (non-hydrogen) atoms. The highest BCUT2D eigenvalue weighted by Crippen LogP contribution is 2.36. The van der Waals surface area contributed by atoms with Gasteiger partial charge in [0.2, 0.25) is 0 Å². The van der Waals surface area contributed by atoms with E-state index in [-0.39, 0.29) is 12.0 Å². The second-order valence-electron chi connectivity index (χ2n) is 5.87. The minimum atomic E-state index is 0.00721. The van der Waals surface area contributed by atoms with E-state index in [1.807, 2.05) is 0 Å². The van der Waals surface area contributed by atoms with E-state index >= 15 is 0 Å². The molecule has 0 spiro atoms. The van der Waals surface area contributed by atoms with Gasteiger partial charge in [-0.05, 0) is 19.3 Å². The van der Waals surface area contributed by atoms with Gasteiger partial charge in [-0.1, -0.05) is 32.1 Å². The average molecular weight is 254 g/mol. The molecule has 1 aliphatic rings. The van der Waals surface area contributed by atoms with Crippen LogP contribution in [0.5, 0.6) is 0 Å².